The zero-order chi connectivity index (χ0) is 20.4. The lowest BCUT2D eigenvalue weighted by atomic mass is 9.99. The fourth-order valence-electron chi connectivity index (χ4n) is 4.13. The van der Waals surface area contributed by atoms with E-state index in [9.17, 15) is 13.2 Å². The Morgan fingerprint density at radius 3 is 2.45 bits per heavy atom. The normalized spacial score (nSPS) is 17.2. The van der Waals surface area contributed by atoms with Gasteiger partial charge in [0, 0.05) is 31.0 Å². The fraction of sp³-hybridized carbons (Fsp3) is 0.409. The SMILES string of the molecule is Cc1ccc2c(c1)CCCN2CC(=O)Nc1ccc(S(=O)(=O)N2CCCC2)cc1. The summed E-state index contributed by atoms with van der Waals surface area (Å²) in [4.78, 5) is 15.0. The number of aryl methyl sites for hydroxylation is 2. The minimum atomic E-state index is -3.43. The van der Waals surface area contributed by atoms with E-state index in [-0.39, 0.29) is 17.3 Å². The standard InChI is InChI=1S/C22H27N3O3S/c1-17-6-11-21-18(15-17)5-4-12-24(21)16-22(26)23-19-7-9-20(10-8-19)29(27,28)25-13-2-3-14-25/h6-11,15H,2-5,12-14,16H2,1H3,(H,23,26). The molecule has 2 heterocycles. The summed E-state index contributed by atoms with van der Waals surface area (Å²) in [6, 6.07) is 12.8. The van der Waals surface area contributed by atoms with Crippen molar-refractivity contribution in [3.05, 3.63) is 53.6 Å². The summed E-state index contributed by atoms with van der Waals surface area (Å²) in [5, 5.41) is 2.89. The molecule has 0 radical (unpaired) electrons. The Morgan fingerprint density at radius 2 is 1.72 bits per heavy atom. The quantitative estimate of drug-likeness (QED) is 0.817. The molecule has 2 aromatic rings. The molecule has 0 saturated carbocycles. The van der Waals surface area contributed by atoms with Crippen LogP contribution in [0.5, 0.6) is 0 Å². The molecule has 0 spiro atoms. The van der Waals surface area contributed by atoms with Crippen LogP contribution in [0.15, 0.2) is 47.4 Å². The zero-order valence-corrected chi connectivity index (χ0v) is 17.5. The van der Waals surface area contributed by atoms with E-state index in [0.717, 1.165) is 37.9 Å². The highest BCUT2D eigenvalue weighted by atomic mass is 32.2. The van der Waals surface area contributed by atoms with Crippen LogP contribution in [-0.2, 0) is 21.2 Å². The molecule has 0 aliphatic carbocycles. The van der Waals surface area contributed by atoms with Gasteiger partial charge in [0.05, 0.1) is 11.4 Å². The van der Waals surface area contributed by atoms with Crippen molar-refractivity contribution in [3.63, 3.8) is 0 Å². The van der Waals surface area contributed by atoms with Gasteiger partial charge in [-0.15, -0.1) is 0 Å². The second-order valence-corrected chi connectivity index (χ2v) is 9.78. The summed E-state index contributed by atoms with van der Waals surface area (Å²) < 4.78 is 26.7. The first-order chi connectivity index (χ1) is 13.9. The summed E-state index contributed by atoms with van der Waals surface area (Å²) in [7, 11) is -3.43. The van der Waals surface area contributed by atoms with Crippen LogP contribution in [0, 0.1) is 6.92 Å². The van der Waals surface area contributed by atoms with Gasteiger partial charge in [0.1, 0.15) is 0 Å². The van der Waals surface area contributed by atoms with E-state index in [4.69, 9.17) is 0 Å². The molecule has 29 heavy (non-hydrogen) atoms. The van der Waals surface area contributed by atoms with Gasteiger partial charge >= 0.3 is 0 Å². The molecular formula is C22H27N3O3S. The molecule has 6 nitrogen and oxygen atoms in total. The molecule has 0 bridgehead atoms. The van der Waals surface area contributed by atoms with Gasteiger partial charge in [0.25, 0.3) is 0 Å². The third kappa shape index (κ3) is 4.31. The van der Waals surface area contributed by atoms with E-state index < -0.39 is 10.0 Å². The largest absolute Gasteiger partial charge is 0.362 e. The summed E-state index contributed by atoms with van der Waals surface area (Å²) >= 11 is 0. The molecule has 0 aromatic heterocycles. The van der Waals surface area contributed by atoms with E-state index >= 15 is 0 Å². The number of nitrogens with zero attached hydrogens (tertiary/aromatic N) is 2. The topological polar surface area (TPSA) is 69.7 Å². The van der Waals surface area contributed by atoms with E-state index in [1.807, 2.05) is 0 Å². The van der Waals surface area contributed by atoms with Crippen LogP contribution in [-0.4, -0.2) is 44.8 Å². The van der Waals surface area contributed by atoms with Crippen molar-refractivity contribution in [2.45, 2.75) is 37.5 Å². The van der Waals surface area contributed by atoms with Gasteiger partial charge in [0.15, 0.2) is 0 Å². The Bertz CT molecular complexity index is 996. The third-order valence-electron chi connectivity index (χ3n) is 5.63. The molecule has 2 aliphatic rings. The van der Waals surface area contributed by atoms with Crippen LogP contribution in [0.4, 0.5) is 11.4 Å². The van der Waals surface area contributed by atoms with Gasteiger partial charge < -0.3 is 10.2 Å². The van der Waals surface area contributed by atoms with Crippen molar-refractivity contribution < 1.29 is 13.2 Å². The first-order valence-corrected chi connectivity index (χ1v) is 11.6. The summed E-state index contributed by atoms with van der Waals surface area (Å²) in [5.74, 6) is -0.103. The number of amides is 1. The Kier molecular flexibility index (Phi) is 5.61. The van der Waals surface area contributed by atoms with Crippen molar-refractivity contribution in [1.82, 2.24) is 4.31 Å². The molecule has 1 amide bonds. The molecule has 4 rings (SSSR count). The van der Waals surface area contributed by atoms with Gasteiger partial charge in [-0.25, -0.2) is 8.42 Å². The smallest absolute Gasteiger partial charge is 0.243 e. The van der Waals surface area contributed by atoms with E-state index in [2.05, 4.69) is 35.3 Å². The Hall–Kier alpha value is -2.38. The fourth-order valence-corrected chi connectivity index (χ4v) is 5.65. The highest BCUT2D eigenvalue weighted by Crippen LogP contribution is 2.28. The summed E-state index contributed by atoms with van der Waals surface area (Å²) in [6.45, 7) is 4.38. The molecule has 2 aliphatic heterocycles. The number of carbonyl (C=O) groups is 1. The second kappa shape index (κ2) is 8.16. The van der Waals surface area contributed by atoms with Gasteiger partial charge in [-0.2, -0.15) is 4.31 Å². The average Bonchev–Trinajstić information content (AvgIpc) is 3.24. The van der Waals surface area contributed by atoms with E-state index in [0.29, 0.717) is 18.8 Å². The Balaban J connectivity index is 1.41. The van der Waals surface area contributed by atoms with Crippen LogP contribution in [0.1, 0.15) is 30.4 Å². The maximum absolute atomic E-state index is 12.6. The predicted octanol–water partition coefficient (Wildman–Crippen LogP) is 3.17. The highest BCUT2D eigenvalue weighted by molar-refractivity contribution is 7.89. The molecule has 1 saturated heterocycles. The van der Waals surface area contributed by atoms with Crippen LogP contribution in [0.3, 0.4) is 0 Å². The van der Waals surface area contributed by atoms with Crippen LogP contribution in [0.25, 0.3) is 0 Å². The monoisotopic (exact) mass is 413 g/mol. The number of benzene rings is 2. The lowest BCUT2D eigenvalue weighted by molar-refractivity contribution is -0.115. The van der Waals surface area contributed by atoms with Crippen molar-refractivity contribution in [2.75, 3.05) is 36.4 Å². The van der Waals surface area contributed by atoms with Crippen molar-refractivity contribution in [3.8, 4) is 0 Å². The van der Waals surface area contributed by atoms with Gasteiger partial charge in [-0.3, -0.25) is 4.79 Å². The van der Waals surface area contributed by atoms with Gasteiger partial charge in [-0.05, 0) is 68.5 Å². The first kappa shape index (κ1) is 19.9. The number of rotatable bonds is 5. The van der Waals surface area contributed by atoms with Gasteiger partial charge in [-0.1, -0.05) is 17.7 Å². The molecule has 2 aromatic carbocycles. The average molecular weight is 414 g/mol. The lowest BCUT2D eigenvalue weighted by Crippen LogP contribution is -2.36. The Morgan fingerprint density at radius 1 is 1.00 bits per heavy atom. The van der Waals surface area contributed by atoms with Crippen LogP contribution in [0.2, 0.25) is 0 Å². The third-order valence-corrected chi connectivity index (χ3v) is 7.54. The number of hydrogen-bond acceptors (Lipinski definition) is 4. The second-order valence-electron chi connectivity index (χ2n) is 7.84. The molecular weight excluding hydrogens is 386 g/mol. The first-order valence-electron chi connectivity index (χ1n) is 10.2. The maximum Gasteiger partial charge on any atom is 0.243 e. The van der Waals surface area contributed by atoms with Crippen molar-refractivity contribution >= 4 is 27.3 Å². The minimum Gasteiger partial charge on any atom is -0.362 e. The molecule has 7 heteroatoms. The predicted molar refractivity (Wildman–Crippen MR) is 115 cm³/mol. The van der Waals surface area contributed by atoms with Crippen molar-refractivity contribution in [2.24, 2.45) is 0 Å². The lowest BCUT2D eigenvalue weighted by Gasteiger charge is -2.31. The number of sulfonamides is 1. The summed E-state index contributed by atoms with van der Waals surface area (Å²) in [5.41, 5.74) is 4.26. The number of hydrogen-bond donors (Lipinski definition) is 1. The van der Waals surface area contributed by atoms with E-state index in [1.165, 1.54) is 15.4 Å². The van der Waals surface area contributed by atoms with Crippen LogP contribution >= 0.6 is 0 Å². The number of nitrogens with one attached hydrogen (secondary N) is 1. The molecule has 154 valence electrons. The molecule has 1 fully saturated rings. The Labute approximate surface area is 172 Å². The van der Waals surface area contributed by atoms with Crippen molar-refractivity contribution in [1.29, 1.82) is 0 Å². The number of carbonyl (C=O) groups excluding carboxylic acids is 1. The zero-order valence-electron chi connectivity index (χ0n) is 16.7. The maximum atomic E-state index is 12.6. The molecule has 0 unspecified atom stereocenters. The van der Waals surface area contributed by atoms with Crippen LogP contribution < -0.4 is 10.2 Å². The molecule has 1 N–H and O–H groups in total. The molecule has 0 atom stereocenters. The summed E-state index contributed by atoms with van der Waals surface area (Å²) in [6.07, 6.45) is 3.90. The van der Waals surface area contributed by atoms with E-state index in [1.54, 1.807) is 24.3 Å². The number of anilines is 2. The number of fused-ring (bicyclic) bond motifs is 1. The van der Waals surface area contributed by atoms with Gasteiger partial charge in [0.2, 0.25) is 15.9 Å². The minimum absolute atomic E-state index is 0.103. The highest BCUT2D eigenvalue weighted by Gasteiger charge is 2.27.